The van der Waals surface area contributed by atoms with E-state index >= 15 is 0 Å². The summed E-state index contributed by atoms with van der Waals surface area (Å²) in [7, 11) is 0. The first-order chi connectivity index (χ1) is 12.6. The summed E-state index contributed by atoms with van der Waals surface area (Å²) >= 11 is 6.10. The molecule has 5 heteroatoms. The molecule has 26 heavy (non-hydrogen) atoms. The van der Waals surface area contributed by atoms with Crippen molar-refractivity contribution in [3.63, 3.8) is 0 Å². The van der Waals surface area contributed by atoms with Crippen LogP contribution in [0, 0.1) is 0 Å². The molecule has 0 radical (unpaired) electrons. The monoisotopic (exact) mass is 369 g/mol. The largest absolute Gasteiger partial charge is 0.369 e. The van der Waals surface area contributed by atoms with Gasteiger partial charge in [-0.05, 0) is 43.2 Å². The number of nitrogens with zero attached hydrogens (tertiary/aromatic N) is 3. The smallest absolute Gasteiger partial charge is 0.241 e. The lowest BCUT2D eigenvalue weighted by atomic mass is 10.1. The number of halogens is 1. The first kappa shape index (κ1) is 17.4. The SMILES string of the molecule is CC1Cc2ccccc2N1C(=O)CN1CCN(c2cccc(Cl)c2)CC1. The first-order valence-corrected chi connectivity index (χ1v) is 9.62. The Balaban J connectivity index is 1.37. The van der Waals surface area contributed by atoms with Crippen LogP contribution in [0.3, 0.4) is 0 Å². The van der Waals surface area contributed by atoms with Crippen LogP contribution in [0.2, 0.25) is 5.02 Å². The normalized spacial score (nSPS) is 20.3. The molecule has 2 aliphatic heterocycles. The second-order valence-electron chi connectivity index (χ2n) is 7.19. The molecule has 1 unspecified atom stereocenters. The Kier molecular flexibility index (Phi) is 4.88. The predicted octanol–water partition coefficient (Wildman–Crippen LogP) is 3.44. The number of benzene rings is 2. The van der Waals surface area contributed by atoms with Crippen molar-refractivity contribution in [1.82, 2.24) is 4.90 Å². The summed E-state index contributed by atoms with van der Waals surface area (Å²) in [6, 6.07) is 16.5. The van der Waals surface area contributed by atoms with E-state index in [0.29, 0.717) is 6.54 Å². The van der Waals surface area contributed by atoms with Crippen molar-refractivity contribution < 1.29 is 4.79 Å². The molecule has 4 rings (SSSR count). The van der Waals surface area contributed by atoms with Gasteiger partial charge in [0.25, 0.3) is 0 Å². The van der Waals surface area contributed by atoms with E-state index in [1.165, 1.54) is 5.56 Å². The molecule has 1 fully saturated rings. The van der Waals surface area contributed by atoms with Gasteiger partial charge in [0.1, 0.15) is 0 Å². The highest BCUT2D eigenvalue weighted by Crippen LogP contribution is 2.32. The van der Waals surface area contributed by atoms with Crippen LogP contribution in [0.25, 0.3) is 0 Å². The van der Waals surface area contributed by atoms with Gasteiger partial charge < -0.3 is 9.80 Å². The van der Waals surface area contributed by atoms with Crippen LogP contribution in [-0.4, -0.2) is 49.6 Å². The van der Waals surface area contributed by atoms with E-state index in [1.807, 2.05) is 29.2 Å². The highest BCUT2D eigenvalue weighted by molar-refractivity contribution is 6.30. The number of fused-ring (bicyclic) bond motifs is 1. The zero-order valence-corrected chi connectivity index (χ0v) is 15.8. The molecule has 2 heterocycles. The molecule has 1 atom stereocenters. The fraction of sp³-hybridized carbons (Fsp3) is 0.381. The minimum absolute atomic E-state index is 0.207. The molecule has 2 aromatic carbocycles. The molecule has 0 spiro atoms. The number of para-hydroxylation sites is 1. The second kappa shape index (κ2) is 7.29. The average molecular weight is 370 g/mol. The van der Waals surface area contributed by atoms with E-state index < -0.39 is 0 Å². The number of rotatable bonds is 3. The Labute approximate surface area is 160 Å². The number of hydrogen-bond acceptors (Lipinski definition) is 3. The Morgan fingerprint density at radius 3 is 2.62 bits per heavy atom. The molecule has 136 valence electrons. The number of carbonyl (C=O) groups is 1. The highest BCUT2D eigenvalue weighted by Gasteiger charge is 2.31. The number of hydrogen-bond donors (Lipinski definition) is 0. The predicted molar refractivity (Wildman–Crippen MR) is 107 cm³/mol. The molecular weight excluding hydrogens is 346 g/mol. The van der Waals surface area contributed by atoms with Crippen LogP contribution in [0.5, 0.6) is 0 Å². The zero-order valence-electron chi connectivity index (χ0n) is 15.1. The lowest BCUT2D eigenvalue weighted by Crippen LogP contribution is -2.51. The molecule has 1 saturated heterocycles. The highest BCUT2D eigenvalue weighted by atomic mass is 35.5. The first-order valence-electron chi connectivity index (χ1n) is 9.24. The third-order valence-corrected chi connectivity index (χ3v) is 5.62. The van der Waals surface area contributed by atoms with Crippen molar-refractivity contribution in [2.75, 3.05) is 42.5 Å². The van der Waals surface area contributed by atoms with E-state index in [9.17, 15) is 4.79 Å². The van der Waals surface area contributed by atoms with Crippen LogP contribution in [0.4, 0.5) is 11.4 Å². The quantitative estimate of drug-likeness (QED) is 0.829. The molecule has 2 aliphatic rings. The van der Waals surface area contributed by atoms with Crippen molar-refractivity contribution in [2.24, 2.45) is 0 Å². The summed E-state index contributed by atoms with van der Waals surface area (Å²) in [5, 5.41) is 0.766. The van der Waals surface area contributed by atoms with Gasteiger partial charge in [0, 0.05) is 48.6 Å². The zero-order chi connectivity index (χ0) is 18.1. The minimum Gasteiger partial charge on any atom is -0.369 e. The van der Waals surface area contributed by atoms with Gasteiger partial charge in [-0.1, -0.05) is 35.9 Å². The molecule has 0 saturated carbocycles. The standard InChI is InChI=1S/C21H24ClN3O/c1-16-13-17-5-2-3-8-20(17)25(16)21(26)15-23-9-11-24(12-10-23)19-7-4-6-18(22)14-19/h2-8,14,16H,9-13,15H2,1H3. The second-order valence-corrected chi connectivity index (χ2v) is 7.63. The number of piperazine rings is 1. The van der Waals surface area contributed by atoms with Gasteiger partial charge in [-0.2, -0.15) is 0 Å². The Morgan fingerprint density at radius 1 is 1.08 bits per heavy atom. The molecule has 0 aromatic heterocycles. The van der Waals surface area contributed by atoms with Crippen LogP contribution in [-0.2, 0) is 11.2 Å². The van der Waals surface area contributed by atoms with Gasteiger partial charge in [-0.3, -0.25) is 9.69 Å². The van der Waals surface area contributed by atoms with Crippen molar-refractivity contribution in [2.45, 2.75) is 19.4 Å². The third kappa shape index (κ3) is 3.44. The fourth-order valence-corrected chi connectivity index (χ4v) is 4.23. The van der Waals surface area contributed by atoms with Crippen molar-refractivity contribution in [3.05, 3.63) is 59.1 Å². The van der Waals surface area contributed by atoms with E-state index in [1.54, 1.807) is 0 Å². The minimum atomic E-state index is 0.207. The van der Waals surface area contributed by atoms with Gasteiger partial charge in [-0.15, -0.1) is 0 Å². The van der Waals surface area contributed by atoms with Gasteiger partial charge >= 0.3 is 0 Å². The van der Waals surface area contributed by atoms with Crippen LogP contribution >= 0.6 is 11.6 Å². The Bertz CT molecular complexity index is 801. The van der Waals surface area contributed by atoms with Gasteiger partial charge in [0.15, 0.2) is 0 Å². The van der Waals surface area contributed by atoms with E-state index in [0.717, 1.165) is 49.0 Å². The Hall–Kier alpha value is -2.04. The summed E-state index contributed by atoms with van der Waals surface area (Å²) in [5.41, 5.74) is 3.52. The van der Waals surface area contributed by atoms with Crippen LogP contribution in [0.15, 0.2) is 48.5 Å². The van der Waals surface area contributed by atoms with Crippen molar-refractivity contribution >= 4 is 28.9 Å². The van der Waals surface area contributed by atoms with Crippen LogP contribution in [0.1, 0.15) is 12.5 Å². The van der Waals surface area contributed by atoms with Crippen LogP contribution < -0.4 is 9.80 Å². The molecular formula is C21H24ClN3O. The summed E-state index contributed by atoms with van der Waals surface area (Å²) in [4.78, 5) is 19.5. The molecule has 0 aliphatic carbocycles. The molecule has 2 aromatic rings. The number of amides is 1. The van der Waals surface area contributed by atoms with Crippen molar-refractivity contribution in [1.29, 1.82) is 0 Å². The van der Waals surface area contributed by atoms with Gasteiger partial charge in [0.2, 0.25) is 5.91 Å². The average Bonchev–Trinajstić information content (AvgIpc) is 2.98. The maximum atomic E-state index is 12.9. The topological polar surface area (TPSA) is 26.8 Å². The Morgan fingerprint density at radius 2 is 1.85 bits per heavy atom. The summed E-state index contributed by atoms with van der Waals surface area (Å²) in [6.07, 6.45) is 0.949. The lowest BCUT2D eigenvalue weighted by Gasteiger charge is -2.36. The van der Waals surface area contributed by atoms with Crippen molar-refractivity contribution in [3.8, 4) is 0 Å². The van der Waals surface area contributed by atoms with E-state index in [2.05, 4.69) is 41.0 Å². The summed E-state index contributed by atoms with van der Waals surface area (Å²) < 4.78 is 0. The molecule has 0 bridgehead atoms. The third-order valence-electron chi connectivity index (χ3n) is 5.38. The summed E-state index contributed by atoms with van der Waals surface area (Å²) in [5.74, 6) is 0.207. The maximum absolute atomic E-state index is 12.9. The van der Waals surface area contributed by atoms with E-state index in [-0.39, 0.29) is 11.9 Å². The lowest BCUT2D eigenvalue weighted by molar-refractivity contribution is -0.120. The molecule has 1 amide bonds. The fourth-order valence-electron chi connectivity index (χ4n) is 4.05. The number of anilines is 2. The van der Waals surface area contributed by atoms with Gasteiger partial charge in [0.05, 0.1) is 6.54 Å². The van der Waals surface area contributed by atoms with E-state index in [4.69, 9.17) is 11.6 Å². The number of carbonyl (C=O) groups excluding carboxylic acids is 1. The molecule has 0 N–H and O–H groups in total. The summed E-state index contributed by atoms with van der Waals surface area (Å²) in [6.45, 7) is 6.24. The maximum Gasteiger partial charge on any atom is 0.241 e. The van der Waals surface area contributed by atoms with Gasteiger partial charge in [-0.25, -0.2) is 0 Å². The molecule has 4 nitrogen and oxygen atoms in total.